The second kappa shape index (κ2) is 16.6. The largest absolute Gasteiger partial charge is 0.460 e. The summed E-state index contributed by atoms with van der Waals surface area (Å²) in [6.45, 7) is 17.1. The van der Waals surface area contributed by atoms with Crippen molar-refractivity contribution in [3.63, 3.8) is 0 Å². The summed E-state index contributed by atoms with van der Waals surface area (Å²) in [4.78, 5) is 51.4. The normalized spacial score (nSPS) is 13.4. The number of esters is 3. The zero-order valence-corrected chi connectivity index (χ0v) is 28.5. The maximum absolute atomic E-state index is 13.1. The highest BCUT2D eigenvalue weighted by molar-refractivity contribution is 5.87. The molecule has 0 radical (unpaired) electrons. The number of urea groups is 1. The first-order valence-corrected chi connectivity index (χ1v) is 15.7. The van der Waals surface area contributed by atoms with E-state index in [1.54, 1.807) is 62.3 Å². The number of amides is 2. The van der Waals surface area contributed by atoms with E-state index in [1.165, 1.54) is 16.3 Å². The first-order chi connectivity index (χ1) is 20.8. The second-order valence-corrected chi connectivity index (χ2v) is 14.3. The Labute approximate surface area is 268 Å². The molecular weight excluding hydrogens is 574 g/mol. The molecule has 0 aromatic heterocycles. The summed E-state index contributed by atoms with van der Waals surface area (Å²) in [5.41, 5.74) is -1.05. The van der Waals surface area contributed by atoms with Crippen LogP contribution in [0.3, 0.4) is 0 Å². The predicted octanol–water partition coefficient (Wildman–Crippen LogP) is 5.94. The monoisotopic (exact) mass is 627 g/mol. The number of ether oxygens (including phenoxy) is 3. The molecule has 2 amide bonds. The van der Waals surface area contributed by atoms with Gasteiger partial charge in [-0.3, -0.25) is 4.79 Å². The van der Waals surface area contributed by atoms with Gasteiger partial charge >= 0.3 is 23.9 Å². The van der Waals surface area contributed by atoms with Crippen LogP contribution in [0.2, 0.25) is 0 Å². The molecule has 0 saturated carbocycles. The molecule has 10 nitrogen and oxygen atoms in total. The molecule has 2 aromatic carbocycles. The highest BCUT2D eigenvalue weighted by atomic mass is 16.6. The minimum Gasteiger partial charge on any atom is -0.460 e. The molecular formula is C35H53N3O7. The average molecular weight is 628 g/mol. The van der Waals surface area contributed by atoms with E-state index in [0.717, 1.165) is 19.5 Å². The van der Waals surface area contributed by atoms with Crippen LogP contribution in [-0.2, 0) is 35.1 Å². The van der Waals surface area contributed by atoms with Crippen molar-refractivity contribution in [3.05, 3.63) is 48.0 Å². The van der Waals surface area contributed by atoms with E-state index < -0.39 is 52.8 Å². The van der Waals surface area contributed by atoms with Gasteiger partial charge in [0.05, 0.1) is 0 Å². The van der Waals surface area contributed by atoms with Crippen molar-refractivity contribution in [1.29, 1.82) is 0 Å². The summed E-state index contributed by atoms with van der Waals surface area (Å²) in [6, 6.07) is 11.8. The molecule has 0 heterocycles. The summed E-state index contributed by atoms with van der Waals surface area (Å²) in [5.74, 6) is -1.75. The number of nitrogens with one attached hydrogen (secondary N) is 3. The van der Waals surface area contributed by atoms with E-state index in [2.05, 4.69) is 46.3 Å². The number of hydrogen-bond donors (Lipinski definition) is 3. The summed E-state index contributed by atoms with van der Waals surface area (Å²) in [7, 11) is 0. The quantitative estimate of drug-likeness (QED) is 0.133. The van der Waals surface area contributed by atoms with Crippen molar-refractivity contribution in [2.75, 3.05) is 6.54 Å². The van der Waals surface area contributed by atoms with Gasteiger partial charge in [0, 0.05) is 13.0 Å². The Morgan fingerprint density at radius 2 is 1.20 bits per heavy atom. The number of unbranched alkanes of at least 4 members (excludes halogenated alkanes) is 1. The number of carbonyl (C=O) groups excluding carboxylic acids is 4. The van der Waals surface area contributed by atoms with Gasteiger partial charge in [-0.1, -0.05) is 36.4 Å². The third-order valence-electron chi connectivity index (χ3n) is 6.29. The van der Waals surface area contributed by atoms with Gasteiger partial charge in [0.2, 0.25) is 0 Å². The number of carbonyl (C=O) groups is 4. The van der Waals surface area contributed by atoms with E-state index in [1.807, 2.05) is 12.1 Å². The van der Waals surface area contributed by atoms with Crippen molar-refractivity contribution < 1.29 is 33.4 Å². The Balaban J connectivity index is 1.97. The van der Waals surface area contributed by atoms with Crippen LogP contribution in [0.25, 0.3) is 10.8 Å². The lowest BCUT2D eigenvalue weighted by molar-refractivity contribution is -0.159. The highest BCUT2D eigenvalue weighted by Crippen LogP contribution is 2.17. The van der Waals surface area contributed by atoms with Crippen LogP contribution >= 0.6 is 0 Å². The van der Waals surface area contributed by atoms with E-state index in [9.17, 15) is 19.2 Å². The average Bonchev–Trinajstić information content (AvgIpc) is 2.89. The molecule has 0 aliphatic heterocycles. The van der Waals surface area contributed by atoms with Crippen molar-refractivity contribution >= 4 is 34.7 Å². The van der Waals surface area contributed by atoms with Crippen molar-refractivity contribution in [1.82, 2.24) is 16.0 Å². The van der Waals surface area contributed by atoms with Crippen LogP contribution < -0.4 is 16.0 Å². The Morgan fingerprint density at radius 3 is 1.76 bits per heavy atom. The number of benzene rings is 2. The molecule has 0 aliphatic carbocycles. The maximum atomic E-state index is 13.1. The Hall–Kier alpha value is -3.66. The van der Waals surface area contributed by atoms with Crippen molar-refractivity contribution in [2.24, 2.45) is 0 Å². The standard InChI is InChI=1S/C35H53N3O7/c1-33(2,3)43-29(39)20-19-28(31(41)45-35(7,8)9)38-32(42)37-27(30(40)44-34(4,5)6)16-12-13-21-36-23-24-17-18-25-14-10-11-15-26(25)22-24/h10-11,14-15,17-18,22,27-28,36H,12-13,16,19-21,23H2,1-9H3,(H2,37,38,42)/t27-,28-/m0/s1. The Bertz CT molecular complexity index is 1290. The smallest absolute Gasteiger partial charge is 0.329 e. The van der Waals surface area contributed by atoms with E-state index in [0.29, 0.717) is 12.8 Å². The summed E-state index contributed by atoms with van der Waals surface area (Å²) in [5, 5.41) is 11.1. The molecule has 0 spiro atoms. The van der Waals surface area contributed by atoms with Crippen LogP contribution in [0.4, 0.5) is 4.79 Å². The molecule has 0 aliphatic rings. The van der Waals surface area contributed by atoms with Crippen LogP contribution in [0, 0.1) is 0 Å². The van der Waals surface area contributed by atoms with Gasteiger partial charge in [0.15, 0.2) is 0 Å². The van der Waals surface area contributed by atoms with Gasteiger partial charge in [-0.15, -0.1) is 0 Å². The number of fused-ring (bicyclic) bond motifs is 1. The lowest BCUT2D eigenvalue weighted by atomic mass is 10.1. The van der Waals surface area contributed by atoms with Gasteiger partial charge in [-0.05, 0) is 117 Å². The van der Waals surface area contributed by atoms with Crippen LogP contribution in [0.5, 0.6) is 0 Å². The van der Waals surface area contributed by atoms with Gasteiger partial charge in [0.1, 0.15) is 28.9 Å². The molecule has 2 rings (SSSR count). The minimum absolute atomic E-state index is 0.0305. The van der Waals surface area contributed by atoms with Gasteiger partial charge < -0.3 is 30.2 Å². The molecule has 0 fully saturated rings. The molecule has 2 aromatic rings. The minimum atomic E-state index is -1.13. The fraction of sp³-hybridized carbons (Fsp3) is 0.600. The van der Waals surface area contributed by atoms with Crippen molar-refractivity contribution in [3.8, 4) is 0 Å². The zero-order valence-electron chi connectivity index (χ0n) is 28.5. The van der Waals surface area contributed by atoms with Gasteiger partial charge in [-0.25, -0.2) is 14.4 Å². The summed E-state index contributed by atoms with van der Waals surface area (Å²) < 4.78 is 16.4. The molecule has 10 heteroatoms. The van der Waals surface area contributed by atoms with E-state index in [-0.39, 0.29) is 12.8 Å². The molecule has 2 atom stereocenters. The van der Waals surface area contributed by atoms with Crippen LogP contribution in [0.1, 0.15) is 100.0 Å². The van der Waals surface area contributed by atoms with Crippen LogP contribution in [0.15, 0.2) is 42.5 Å². The topological polar surface area (TPSA) is 132 Å². The first kappa shape index (κ1) is 37.5. The Morgan fingerprint density at radius 1 is 0.667 bits per heavy atom. The van der Waals surface area contributed by atoms with Gasteiger partial charge in [0.25, 0.3) is 0 Å². The van der Waals surface area contributed by atoms with E-state index >= 15 is 0 Å². The molecule has 3 N–H and O–H groups in total. The SMILES string of the molecule is CC(C)(C)OC(=O)CC[C@H](NC(=O)N[C@@H](CCCCNCc1ccc2ccccc2c1)C(=O)OC(C)(C)C)C(=O)OC(C)(C)C. The predicted molar refractivity (Wildman–Crippen MR) is 176 cm³/mol. The summed E-state index contributed by atoms with van der Waals surface area (Å²) >= 11 is 0. The molecule has 250 valence electrons. The number of rotatable bonds is 14. The van der Waals surface area contributed by atoms with Gasteiger partial charge in [-0.2, -0.15) is 0 Å². The van der Waals surface area contributed by atoms with Crippen LogP contribution in [-0.4, -0.2) is 59.4 Å². The third-order valence-corrected chi connectivity index (χ3v) is 6.29. The molecule has 0 bridgehead atoms. The molecule has 0 unspecified atom stereocenters. The van der Waals surface area contributed by atoms with E-state index in [4.69, 9.17) is 14.2 Å². The lowest BCUT2D eigenvalue weighted by Crippen LogP contribution is -2.53. The molecule has 45 heavy (non-hydrogen) atoms. The Kier molecular flexibility index (Phi) is 13.8. The first-order valence-electron chi connectivity index (χ1n) is 15.7. The molecule has 0 saturated heterocycles. The highest BCUT2D eigenvalue weighted by Gasteiger charge is 2.31. The third kappa shape index (κ3) is 15.8. The zero-order chi connectivity index (χ0) is 33.8. The summed E-state index contributed by atoms with van der Waals surface area (Å²) in [6.07, 6.45) is 1.62. The fourth-order valence-electron chi connectivity index (χ4n) is 4.44. The fourth-order valence-corrected chi connectivity index (χ4v) is 4.44. The van der Waals surface area contributed by atoms with Crippen molar-refractivity contribution in [2.45, 2.75) is 130 Å². The second-order valence-electron chi connectivity index (χ2n) is 14.3. The maximum Gasteiger partial charge on any atom is 0.329 e. The number of hydrogen-bond acceptors (Lipinski definition) is 8. The lowest BCUT2D eigenvalue weighted by Gasteiger charge is -2.27.